The third-order valence-electron chi connectivity index (χ3n) is 3.14. The molecule has 1 aromatic rings. The molecule has 0 radical (unpaired) electrons. The summed E-state index contributed by atoms with van der Waals surface area (Å²) in [5, 5.41) is 2.98. The molecule has 3 N–H and O–H groups in total. The van der Waals surface area contributed by atoms with Gasteiger partial charge in [0.2, 0.25) is 0 Å². The molecule has 7 heteroatoms. The van der Waals surface area contributed by atoms with Gasteiger partial charge in [-0.25, -0.2) is 4.99 Å². The lowest BCUT2D eigenvalue weighted by atomic mass is 10.1. The number of nitrogens with two attached hydrogens (primary N) is 1. The second kappa shape index (κ2) is 6.34. The van der Waals surface area contributed by atoms with E-state index in [9.17, 15) is 13.2 Å². The van der Waals surface area contributed by atoms with E-state index in [1.54, 1.807) is 6.07 Å². The summed E-state index contributed by atoms with van der Waals surface area (Å²) in [4.78, 5) is 4.26. The van der Waals surface area contributed by atoms with Crippen LogP contribution in [-0.4, -0.2) is 24.7 Å². The summed E-state index contributed by atoms with van der Waals surface area (Å²) in [6.07, 6.45) is -5.03. The zero-order valence-corrected chi connectivity index (χ0v) is 11.7. The van der Waals surface area contributed by atoms with Gasteiger partial charge in [0.1, 0.15) is 17.3 Å². The van der Waals surface area contributed by atoms with E-state index < -0.39 is 12.6 Å². The van der Waals surface area contributed by atoms with E-state index in [-0.39, 0.29) is 12.5 Å². The Morgan fingerprint density at radius 2 is 2.14 bits per heavy atom. The number of amidine groups is 1. The Balaban J connectivity index is 1.85. The second-order valence-electron chi connectivity index (χ2n) is 4.99. The minimum absolute atomic E-state index is 0.0696. The highest BCUT2D eigenvalue weighted by atomic mass is 19.4. The molecule has 0 saturated carbocycles. The molecule has 21 heavy (non-hydrogen) atoms. The summed E-state index contributed by atoms with van der Waals surface area (Å²) in [5.74, 6) is 1.08. The number of halogens is 3. The predicted molar refractivity (Wildman–Crippen MR) is 74.8 cm³/mol. The monoisotopic (exact) mass is 301 g/mol. The summed E-state index contributed by atoms with van der Waals surface area (Å²) in [6.45, 7) is 2.61. The van der Waals surface area contributed by atoms with E-state index in [2.05, 4.69) is 10.3 Å². The highest BCUT2D eigenvalue weighted by Crippen LogP contribution is 2.32. The van der Waals surface area contributed by atoms with Crippen LogP contribution in [-0.2, 0) is 6.54 Å². The SMILES string of the molecule is C[C@H]1Oc2ccc(CNCCCC(F)(F)F)cc2N=C1N. The molecule has 116 valence electrons. The van der Waals surface area contributed by atoms with Crippen molar-refractivity contribution in [1.82, 2.24) is 5.32 Å². The molecule has 2 rings (SSSR count). The average Bonchev–Trinajstić information content (AvgIpc) is 2.38. The molecule has 0 spiro atoms. The molecule has 0 fully saturated rings. The molecule has 1 aliphatic rings. The van der Waals surface area contributed by atoms with Crippen LogP contribution < -0.4 is 15.8 Å². The first kappa shape index (κ1) is 15.6. The molecule has 4 nitrogen and oxygen atoms in total. The van der Waals surface area contributed by atoms with Gasteiger partial charge in [-0.05, 0) is 37.6 Å². The third kappa shape index (κ3) is 4.63. The summed E-state index contributed by atoms with van der Waals surface area (Å²) in [7, 11) is 0. The Bertz CT molecular complexity index is 529. The fraction of sp³-hybridized carbons (Fsp3) is 0.500. The van der Waals surface area contributed by atoms with Crippen molar-refractivity contribution in [3.05, 3.63) is 23.8 Å². The van der Waals surface area contributed by atoms with Crippen LogP contribution in [0.15, 0.2) is 23.2 Å². The van der Waals surface area contributed by atoms with Crippen LogP contribution in [0.2, 0.25) is 0 Å². The van der Waals surface area contributed by atoms with Crippen LogP contribution in [0.1, 0.15) is 25.3 Å². The topological polar surface area (TPSA) is 59.6 Å². The third-order valence-corrected chi connectivity index (χ3v) is 3.14. The Labute approximate surface area is 121 Å². The molecule has 1 aromatic carbocycles. The number of alkyl halides is 3. The first-order valence-corrected chi connectivity index (χ1v) is 6.76. The van der Waals surface area contributed by atoms with E-state index >= 15 is 0 Å². The summed E-state index contributed by atoms with van der Waals surface area (Å²) < 4.78 is 41.6. The molecule has 1 aliphatic heterocycles. The molecule has 1 atom stereocenters. The van der Waals surface area contributed by atoms with Crippen LogP contribution in [0.5, 0.6) is 5.75 Å². The van der Waals surface area contributed by atoms with Crippen LogP contribution in [0.3, 0.4) is 0 Å². The van der Waals surface area contributed by atoms with Crippen LogP contribution in [0, 0.1) is 0 Å². The fourth-order valence-electron chi connectivity index (χ4n) is 1.99. The number of aliphatic imine (C=N–C) groups is 1. The van der Waals surface area contributed by atoms with Crippen molar-refractivity contribution in [1.29, 1.82) is 0 Å². The first-order chi connectivity index (χ1) is 9.85. The normalized spacial score (nSPS) is 17.9. The van der Waals surface area contributed by atoms with Crippen molar-refractivity contribution < 1.29 is 17.9 Å². The van der Waals surface area contributed by atoms with E-state index in [4.69, 9.17) is 10.5 Å². The van der Waals surface area contributed by atoms with Gasteiger partial charge >= 0.3 is 6.18 Å². The van der Waals surface area contributed by atoms with Gasteiger partial charge in [-0.15, -0.1) is 0 Å². The molecule has 0 amide bonds. The van der Waals surface area contributed by atoms with E-state index in [0.717, 1.165) is 5.56 Å². The molecule has 0 aromatic heterocycles. The molecule has 0 bridgehead atoms. The molecule has 0 saturated heterocycles. The maximum Gasteiger partial charge on any atom is 0.389 e. The minimum Gasteiger partial charge on any atom is -0.481 e. The van der Waals surface area contributed by atoms with Crippen molar-refractivity contribution >= 4 is 11.5 Å². The van der Waals surface area contributed by atoms with Crippen molar-refractivity contribution in [3.63, 3.8) is 0 Å². The molecular formula is C14H18F3N3O. The lowest BCUT2D eigenvalue weighted by Crippen LogP contribution is -2.33. The fourth-order valence-corrected chi connectivity index (χ4v) is 1.99. The number of nitrogens with one attached hydrogen (secondary N) is 1. The first-order valence-electron chi connectivity index (χ1n) is 6.76. The second-order valence-corrected chi connectivity index (χ2v) is 4.99. The Hall–Kier alpha value is -1.76. The maximum absolute atomic E-state index is 12.0. The van der Waals surface area contributed by atoms with Gasteiger partial charge in [-0.2, -0.15) is 13.2 Å². The average molecular weight is 301 g/mol. The summed E-state index contributed by atoms with van der Waals surface area (Å²) in [5.41, 5.74) is 7.31. The summed E-state index contributed by atoms with van der Waals surface area (Å²) >= 11 is 0. The largest absolute Gasteiger partial charge is 0.481 e. The Morgan fingerprint density at radius 3 is 2.86 bits per heavy atom. The van der Waals surface area contributed by atoms with Gasteiger partial charge < -0.3 is 15.8 Å². The van der Waals surface area contributed by atoms with Gasteiger partial charge in [0.05, 0.1) is 0 Å². The van der Waals surface area contributed by atoms with Crippen molar-refractivity contribution in [3.8, 4) is 5.75 Å². The highest BCUT2D eigenvalue weighted by molar-refractivity contribution is 5.89. The maximum atomic E-state index is 12.0. The summed E-state index contributed by atoms with van der Waals surface area (Å²) in [6, 6.07) is 5.48. The standard InChI is InChI=1S/C14H18F3N3O/c1-9-13(18)20-11-7-10(3-4-12(11)21-9)8-19-6-2-5-14(15,16)17/h3-4,7,9,19H,2,5-6,8H2,1H3,(H2,18,20)/t9-/m1/s1. The number of rotatable bonds is 5. The number of benzene rings is 1. The number of fused-ring (bicyclic) bond motifs is 1. The number of nitrogens with zero attached hydrogens (tertiary/aromatic N) is 1. The van der Waals surface area contributed by atoms with E-state index in [0.29, 0.717) is 30.4 Å². The lowest BCUT2D eigenvalue weighted by molar-refractivity contribution is -0.135. The van der Waals surface area contributed by atoms with Crippen molar-refractivity contribution in [2.45, 2.75) is 38.6 Å². The van der Waals surface area contributed by atoms with Crippen LogP contribution in [0.25, 0.3) is 0 Å². The van der Waals surface area contributed by atoms with Crippen molar-refractivity contribution in [2.75, 3.05) is 6.54 Å². The Kier molecular flexibility index (Phi) is 4.72. The molecule has 0 aliphatic carbocycles. The van der Waals surface area contributed by atoms with E-state index in [1.165, 1.54) is 0 Å². The van der Waals surface area contributed by atoms with Gasteiger partial charge in [-0.1, -0.05) is 6.07 Å². The highest BCUT2D eigenvalue weighted by Gasteiger charge is 2.25. The number of hydrogen-bond donors (Lipinski definition) is 2. The zero-order valence-electron chi connectivity index (χ0n) is 11.7. The van der Waals surface area contributed by atoms with E-state index in [1.807, 2.05) is 19.1 Å². The molecule has 0 unspecified atom stereocenters. The van der Waals surface area contributed by atoms with Crippen molar-refractivity contribution in [2.24, 2.45) is 10.7 Å². The van der Waals surface area contributed by atoms with Crippen LogP contribution >= 0.6 is 0 Å². The lowest BCUT2D eigenvalue weighted by Gasteiger charge is -2.21. The smallest absolute Gasteiger partial charge is 0.389 e. The predicted octanol–water partition coefficient (Wildman–Crippen LogP) is 2.89. The minimum atomic E-state index is -4.09. The molecular weight excluding hydrogens is 283 g/mol. The van der Waals surface area contributed by atoms with Gasteiger partial charge in [-0.3, -0.25) is 0 Å². The molecule has 1 heterocycles. The Morgan fingerprint density at radius 1 is 1.38 bits per heavy atom. The number of hydrogen-bond acceptors (Lipinski definition) is 4. The number of ether oxygens (including phenoxy) is 1. The quantitative estimate of drug-likeness (QED) is 0.822. The van der Waals surface area contributed by atoms with Gasteiger partial charge in [0.25, 0.3) is 0 Å². The van der Waals surface area contributed by atoms with Crippen LogP contribution in [0.4, 0.5) is 18.9 Å². The zero-order chi connectivity index (χ0) is 15.5. The van der Waals surface area contributed by atoms with Gasteiger partial charge in [0.15, 0.2) is 6.10 Å². The van der Waals surface area contributed by atoms with Gasteiger partial charge in [0, 0.05) is 13.0 Å².